The molecule has 0 unspecified atom stereocenters. The summed E-state index contributed by atoms with van der Waals surface area (Å²) < 4.78 is 8.79. The second-order valence-corrected chi connectivity index (χ2v) is 4.78. The van der Waals surface area contributed by atoms with Crippen LogP contribution in [0.2, 0.25) is 0 Å². The molecule has 26 heavy (non-hydrogen) atoms. The number of nitrogens with zero attached hydrogens (tertiary/aromatic N) is 2. The van der Waals surface area contributed by atoms with Crippen molar-refractivity contribution >= 4 is 23.4 Å². The van der Waals surface area contributed by atoms with Gasteiger partial charge < -0.3 is 15.2 Å². The Morgan fingerprint density at radius 2 is 1.58 bits per heavy atom. The fourth-order valence-corrected chi connectivity index (χ4v) is 1.64. The third kappa shape index (κ3) is 7.35. The predicted molar refractivity (Wildman–Crippen MR) is 93.6 cm³/mol. The quantitative estimate of drug-likeness (QED) is 0.369. The smallest absolute Gasteiger partial charge is 0.332 e. The second kappa shape index (κ2) is 11.1. The number of rotatable bonds is 5. The molecule has 2 rings (SSSR count). The third-order valence-corrected chi connectivity index (χ3v) is 2.99. The van der Waals surface area contributed by atoms with Crippen LogP contribution in [0.3, 0.4) is 0 Å². The second-order valence-electron chi connectivity index (χ2n) is 4.78. The zero-order valence-corrected chi connectivity index (χ0v) is 14.4. The molecule has 0 radical (unpaired) electrons. The number of methoxy groups -OCH3 is 2. The van der Waals surface area contributed by atoms with Gasteiger partial charge in [0.05, 0.1) is 14.2 Å². The Balaban J connectivity index is 0.000000260. The highest BCUT2D eigenvalue weighted by Gasteiger charge is 2.11. The SMILES string of the molecule is COC(=O)C=C(N)c1cccnc1.COC(=O)CC(=O)c1cccnc1. The maximum atomic E-state index is 11.3. The Labute approximate surface area is 150 Å². The molecule has 0 atom stereocenters. The van der Waals surface area contributed by atoms with Crippen molar-refractivity contribution in [2.24, 2.45) is 5.73 Å². The number of nitrogens with two attached hydrogens (primary N) is 1. The predicted octanol–water partition coefficient (Wildman–Crippen LogP) is 1.38. The number of ether oxygens (including phenoxy) is 2. The van der Waals surface area contributed by atoms with Gasteiger partial charge in [0.25, 0.3) is 0 Å². The molecule has 8 nitrogen and oxygen atoms in total. The van der Waals surface area contributed by atoms with E-state index >= 15 is 0 Å². The number of carbonyl (C=O) groups excluding carboxylic acids is 3. The molecular formula is C18H19N3O5. The minimum Gasteiger partial charge on any atom is -0.469 e. The van der Waals surface area contributed by atoms with Crippen LogP contribution >= 0.6 is 0 Å². The monoisotopic (exact) mass is 357 g/mol. The molecule has 0 saturated carbocycles. The normalized spacial score (nSPS) is 10.2. The lowest BCUT2D eigenvalue weighted by Gasteiger charge is -1.99. The molecule has 0 aliphatic carbocycles. The first-order valence-corrected chi connectivity index (χ1v) is 7.43. The first-order valence-electron chi connectivity index (χ1n) is 7.43. The number of hydrogen-bond acceptors (Lipinski definition) is 8. The van der Waals surface area contributed by atoms with Crippen molar-refractivity contribution in [1.29, 1.82) is 0 Å². The van der Waals surface area contributed by atoms with Crippen LogP contribution < -0.4 is 5.73 Å². The molecule has 0 aromatic carbocycles. The minimum absolute atomic E-state index is 0.234. The fraction of sp³-hybridized carbons (Fsp3) is 0.167. The summed E-state index contributed by atoms with van der Waals surface area (Å²) in [6.45, 7) is 0. The van der Waals surface area contributed by atoms with E-state index in [0.717, 1.165) is 0 Å². The van der Waals surface area contributed by atoms with Gasteiger partial charge in [-0.05, 0) is 24.3 Å². The fourth-order valence-electron chi connectivity index (χ4n) is 1.64. The zero-order chi connectivity index (χ0) is 19.4. The van der Waals surface area contributed by atoms with E-state index in [1.165, 1.54) is 26.5 Å². The Bertz CT molecular complexity index is 761. The molecule has 0 fully saturated rings. The summed E-state index contributed by atoms with van der Waals surface area (Å²) in [6.07, 6.45) is 7.18. The maximum absolute atomic E-state index is 11.3. The molecule has 2 aromatic rings. The Hall–Kier alpha value is -3.55. The zero-order valence-electron chi connectivity index (χ0n) is 14.4. The lowest BCUT2D eigenvalue weighted by atomic mass is 10.1. The van der Waals surface area contributed by atoms with E-state index in [1.54, 1.807) is 42.9 Å². The van der Waals surface area contributed by atoms with Crippen LogP contribution in [-0.4, -0.2) is 41.9 Å². The molecule has 2 N–H and O–H groups in total. The largest absolute Gasteiger partial charge is 0.469 e. The lowest BCUT2D eigenvalue weighted by molar-refractivity contribution is -0.139. The van der Waals surface area contributed by atoms with Gasteiger partial charge in [-0.15, -0.1) is 0 Å². The summed E-state index contributed by atoms with van der Waals surface area (Å²) >= 11 is 0. The summed E-state index contributed by atoms with van der Waals surface area (Å²) in [5.74, 6) is -1.28. The Kier molecular flexibility index (Phi) is 8.74. The van der Waals surface area contributed by atoms with Gasteiger partial charge in [0.2, 0.25) is 0 Å². The van der Waals surface area contributed by atoms with E-state index in [-0.39, 0.29) is 12.2 Å². The average molecular weight is 357 g/mol. The molecule has 0 saturated heterocycles. The van der Waals surface area contributed by atoms with Crippen molar-refractivity contribution in [3.63, 3.8) is 0 Å². The van der Waals surface area contributed by atoms with Crippen LogP contribution in [0.4, 0.5) is 0 Å². The van der Waals surface area contributed by atoms with Crippen molar-refractivity contribution in [3.8, 4) is 0 Å². The van der Waals surface area contributed by atoms with Gasteiger partial charge in [-0.3, -0.25) is 19.6 Å². The average Bonchev–Trinajstić information content (AvgIpc) is 2.69. The topological polar surface area (TPSA) is 121 Å². The van der Waals surface area contributed by atoms with E-state index in [9.17, 15) is 14.4 Å². The van der Waals surface area contributed by atoms with Crippen molar-refractivity contribution < 1.29 is 23.9 Å². The molecule has 2 heterocycles. The molecule has 2 aromatic heterocycles. The van der Waals surface area contributed by atoms with Gasteiger partial charge in [-0.25, -0.2) is 4.79 Å². The van der Waals surface area contributed by atoms with Crippen LogP contribution in [0.1, 0.15) is 22.3 Å². The number of ketones is 1. The molecule has 0 spiro atoms. The minimum atomic E-state index is -0.533. The van der Waals surface area contributed by atoms with Gasteiger partial charge in [-0.1, -0.05) is 0 Å². The molecule has 0 aliphatic rings. The maximum Gasteiger partial charge on any atom is 0.332 e. The van der Waals surface area contributed by atoms with Crippen LogP contribution in [0.25, 0.3) is 5.70 Å². The molecule has 0 aliphatic heterocycles. The van der Waals surface area contributed by atoms with Crippen LogP contribution in [0.15, 0.2) is 55.1 Å². The summed E-state index contributed by atoms with van der Waals surface area (Å²) in [6, 6.07) is 6.76. The van der Waals surface area contributed by atoms with Crippen LogP contribution in [-0.2, 0) is 19.1 Å². The summed E-state index contributed by atoms with van der Waals surface area (Å²) in [5, 5.41) is 0. The highest BCUT2D eigenvalue weighted by Crippen LogP contribution is 2.05. The highest BCUT2D eigenvalue weighted by atomic mass is 16.5. The molecule has 8 heteroatoms. The van der Waals surface area contributed by atoms with E-state index < -0.39 is 11.9 Å². The molecule has 0 amide bonds. The van der Waals surface area contributed by atoms with Crippen molar-refractivity contribution in [2.75, 3.05) is 14.2 Å². The van der Waals surface area contributed by atoms with Crippen LogP contribution in [0.5, 0.6) is 0 Å². The number of hydrogen-bond donors (Lipinski definition) is 1. The van der Waals surface area contributed by atoms with Crippen molar-refractivity contribution in [3.05, 3.63) is 66.3 Å². The molecular weight excluding hydrogens is 338 g/mol. The van der Waals surface area contributed by atoms with E-state index in [2.05, 4.69) is 19.4 Å². The number of Topliss-reactive ketones (excluding diaryl/α,β-unsaturated/α-hetero) is 1. The van der Waals surface area contributed by atoms with Crippen molar-refractivity contribution in [1.82, 2.24) is 9.97 Å². The van der Waals surface area contributed by atoms with Gasteiger partial charge >= 0.3 is 11.9 Å². The standard InChI is InChI=1S/C9H10N2O2.C9H9NO3/c1-13-9(12)5-8(10)7-3-2-4-11-6-7;1-13-9(12)5-8(11)7-3-2-4-10-6-7/h2-6H,10H2,1H3;2-4,6H,5H2,1H3. The van der Waals surface area contributed by atoms with E-state index in [1.807, 2.05) is 0 Å². The van der Waals surface area contributed by atoms with Crippen LogP contribution in [0, 0.1) is 0 Å². The number of carbonyl (C=O) groups is 3. The molecule has 136 valence electrons. The summed E-state index contributed by atoms with van der Waals surface area (Å²) in [4.78, 5) is 40.4. The first kappa shape index (κ1) is 20.5. The van der Waals surface area contributed by atoms with Gasteiger partial charge in [0.15, 0.2) is 5.78 Å². The first-order chi connectivity index (χ1) is 12.5. The molecule has 0 bridgehead atoms. The van der Waals surface area contributed by atoms with E-state index in [4.69, 9.17) is 5.73 Å². The number of pyridine rings is 2. The number of aromatic nitrogens is 2. The van der Waals surface area contributed by atoms with Gasteiger partial charge in [0.1, 0.15) is 6.42 Å². The van der Waals surface area contributed by atoms with E-state index in [0.29, 0.717) is 16.8 Å². The van der Waals surface area contributed by atoms with Gasteiger partial charge in [-0.2, -0.15) is 0 Å². The highest BCUT2D eigenvalue weighted by molar-refractivity contribution is 6.05. The summed E-state index contributed by atoms with van der Waals surface area (Å²) in [7, 11) is 2.55. The number of esters is 2. The summed E-state index contributed by atoms with van der Waals surface area (Å²) in [5.41, 5.74) is 7.06. The van der Waals surface area contributed by atoms with Gasteiger partial charge in [0, 0.05) is 47.7 Å². The Morgan fingerprint density at radius 3 is 2.04 bits per heavy atom. The lowest BCUT2D eigenvalue weighted by Crippen LogP contribution is -2.09. The Morgan fingerprint density at radius 1 is 1.00 bits per heavy atom. The third-order valence-electron chi connectivity index (χ3n) is 2.99. The van der Waals surface area contributed by atoms with Crippen molar-refractivity contribution in [2.45, 2.75) is 6.42 Å².